The number of hydrogen-bond donors (Lipinski definition) is 1. The summed E-state index contributed by atoms with van der Waals surface area (Å²) in [4.78, 5) is 0. The fourth-order valence-corrected chi connectivity index (χ4v) is 4.18. The first-order chi connectivity index (χ1) is 13.1. The van der Waals surface area contributed by atoms with Crippen LogP contribution in [0.15, 0.2) is 34.8 Å². The summed E-state index contributed by atoms with van der Waals surface area (Å²) in [5.41, 5.74) is 2.03. The molecule has 3 nitrogen and oxygen atoms in total. The summed E-state index contributed by atoms with van der Waals surface area (Å²) in [5.74, 6) is 1.47. The van der Waals surface area contributed by atoms with Gasteiger partial charge in [0.2, 0.25) is 0 Å². The lowest BCUT2D eigenvalue weighted by atomic mass is 9.95. The van der Waals surface area contributed by atoms with Gasteiger partial charge in [-0.05, 0) is 42.7 Å². The SMILES string of the molecule is COc1ccc(Br)c(CNC2CCCCC2)c1OCc1ccc(Cl)c(Cl)c1. The minimum Gasteiger partial charge on any atom is -0.493 e. The predicted molar refractivity (Wildman–Crippen MR) is 115 cm³/mol. The van der Waals surface area contributed by atoms with E-state index in [-0.39, 0.29) is 0 Å². The van der Waals surface area contributed by atoms with Gasteiger partial charge in [0.1, 0.15) is 6.61 Å². The Morgan fingerprint density at radius 1 is 1.07 bits per heavy atom. The van der Waals surface area contributed by atoms with E-state index < -0.39 is 0 Å². The molecule has 0 radical (unpaired) electrons. The second-order valence-corrected chi connectivity index (χ2v) is 8.48. The van der Waals surface area contributed by atoms with Crippen molar-refractivity contribution in [2.24, 2.45) is 0 Å². The third kappa shape index (κ3) is 5.54. The average molecular weight is 473 g/mol. The number of ether oxygens (including phenoxy) is 2. The van der Waals surface area contributed by atoms with Crippen molar-refractivity contribution in [3.05, 3.63) is 56.0 Å². The van der Waals surface area contributed by atoms with Crippen molar-refractivity contribution in [1.82, 2.24) is 5.32 Å². The fraction of sp³-hybridized carbons (Fsp3) is 0.429. The standard InChI is InChI=1S/C21H24BrCl2NO2/c1-26-20-10-8-17(22)16(12-25-15-5-3-2-4-6-15)21(20)27-13-14-7-9-18(23)19(24)11-14/h7-11,15,25H,2-6,12-13H2,1H3. The zero-order chi connectivity index (χ0) is 19.2. The summed E-state index contributed by atoms with van der Waals surface area (Å²) in [6.07, 6.45) is 6.43. The van der Waals surface area contributed by atoms with Gasteiger partial charge in [-0.25, -0.2) is 0 Å². The number of rotatable bonds is 7. The van der Waals surface area contributed by atoms with E-state index in [1.54, 1.807) is 13.2 Å². The molecule has 1 aliphatic carbocycles. The van der Waals surface area contributed by atoms with E-state index in [0.29, 0.717) is 22.7 Å². The molecule has 0 heterocycles. The van der Waals surface area contributed by atoms with Crippen LogP contribution in [-0.2, 0) is 13.2 Å². The first-order valence-electron chi connectivity index (χ1n) is 9.24. The highest BCUT2D eigenvalue weighted by Gasteiger charge is 2.18. The monoisotopic (exact) mass is 471 g/mol. The lowest BCUT2D eigenvalue weighted by Crippen LogP contribution is -2.30. The molecular formula is C21H24BrCl2NO2. The molecule has 146 valence electrons. The van der Waals surface area contributed by atoms with Crippen LogP contribution in [0.25, 0.3) is 0 Å². The second-order valence-electron chi connectivity index (χ2n) is 6.81. The molecule has 0 saturated heterocycles. The number of methoxy groups -OCH3 is 1. The van der Waals surface area contributed by atoms with E-state index >= 15 is 0 Å². The van der Waals surface area contributed by atoms with Gasteiger partial charge in [-0.3, -0.25) is 0 Å². The molecule has 1 saturated carbocycles. The Morgan fingerprint density at radius 2 is 1.85 bits per heavy atom. The van der Waals surface area contributed by atoms with Gasteiger partial charge in [-0.15, -0.1) is 0 Å². The van der Waals surface area contributed by atoms with E-state index in [1.165, 1.54) is 32.1 Å². The van der Waals surface area contributed by atoms with E-state index in [9.17, 15) is 0 Å². The zero-order valence-electron chi connectivity index (χ0n) is 15.4. The highest BCUT2D eigenvalue weighted by molar-refractivity contribution is 9.10. The van der Waals surface area contributed by atoms with Crippen molar-refractivity contribution < 1.29 is 9.47 Å². The minimum absolute atomic E-state index is 0.389. The summed E-state index contributed by atoms with van der Waals surface area (Å²) in [6, 6.07) is 10.0. The molecule has 0 aliphatic heterocycles. The Labute approximate surface area is 179 Å². The van der Waals surface area contributed by atoms with E-state index in [2.05, 4.69) is 21.2 Å². The molecule has 27 heavy (non-hydrogen) atoms. The molecule has 2 aromatic carbocycles. The number of benzene rings is 2. The molecule has 0 amide bonds. The quantitative estimate of drug-likeness (QED) is 0.482. The van der Waals surface area contributed by atoms with Crippen LogP contribution in [0.3, 0.4) is 0 Å². The summed E-state index contributed by atoms with van der Waals surface area (Å²) in [5, 5.41) is 4.75. The predicted octanol–water partition coefficient (Wildman–Crippen LogP) is 6.77. The zero-order valence-corrected chi connectivity index (χ0v) is 18.5. The van der Waals surface area contributed by atoms with Crippen molar-refractivity contribution >= 4 is 39.1 Å². The summed E-state index contributed by atoms with van der Waals surface area (Å²) in [6.45, 7) is 1.12. The van der Waals surface area contributed by atoms with Gasteiger partial charge < -0.3 is 14.8 Å². The molecule has 0 unspecified atom stereocenters. The Morgan fingerprint density at radius 3 is 2.56 bits per heavy atom. The molecule has 0 aromatic heterocycles. The Balaban J connectivity index is 1.76. The number of nitrogens with one attached hydrogen (secondary N) is 1. The Bertz CT molecular complexity index is 779. The van der Waals surface area contributed by atoms with Crippen molar-refractivity contribution in [3.63, 3.8) is 0 Å². The Hall–Kier alpha value is -0.940. The molecule has 1 N–H and O–H groups in total. The number of halogens is 3. The molecule has 2 aromatic rings. The largest absolute Gasteiger partial charge is 0.493 e. The fourth-order valence-electron chi connectivity index (χ4n) is 3.40. The Kier molecular flexibility index (Phi) is 7.71. The van der Waals surface area contributed by atoms with E-state index in [0.717, 1.165) is 33.6 Å². The summed E-state index contributed by atoms with van der Waals surface area (Å²) in [7, 11) is 1.66. The van der Waals surface area contributed by atoms with Gasteiger partial charge >= 0.3 is 0 Å². The lowest BCUT2D eigenvalue weighted by Gasteiger charge is -2.24. The maximum atomic E-state index is 6.16. The summed E-state index contributed by atoms with van der Waals surface area (Å²) < 4.78 is 12.7. The van der Waals surface area contributed by atoms with Crippen molar-refractivity contribution in [1.29, 1.82) is 0 Å². The minimum atomic E-state index is 0.389. The van der Waals surface area contributed by atoms with Crippen molar-refractivity contribution in [2.45, 2.75) is 51.3 Å². The molecule has 6 heteroatoms. The van der Waals surface area contributed by atoms with Crippen LogP contribution in [0.1, 0.15) is 43.2 Å². The topological polar surface area (TPSA) is 30.5 Å². The maximum absolute atomic E-state index is 6.16. The second kappa shape index (κ2) is 10.0. The molecule has 3 rings (SSSR count). The van der Waals surface area contributed by atoms with Gasteiger partial charge in [0, 0.05) is 22.6 Å². The smallest absolute Gasteiger partial charge is 0.167 e. The number of hydrogen-bond acceptors (Lipinski definition) is 3. The highest BCUT2D eigenvalue weighted by atomic mass is 79.9. The van der Waals surface area contributed by atoms with Crippen LogP contribution >= 0.6 is 39.1 Å². The average Bonchev–Trinajstić information content (AvgIpc) is 2.69. The van der Waals surface area contributed by atoms with Crippen LogP contribution in [-0.4, -0.2) is 13.2 Å². The van der Waals surface area contributed by atoms with Crippen LogP contribution < -0.4 is 14.8 Å². The first kappa shape index (κ1) is 20.8. The van der Waals surface area contributed by atoms with Gasteiger partial charge in [0.25, 0.3) is 0 Å². The van der Waals surface area contributed by atoms with Crippen LogP contribution in [0.5, 0.6) is 11.5 Å². The molecule has 1 fully saturated rings. The molecule has 1 aliphatic rings. The third-order valence-corrected chi connectivity index (χ3v) is 6.41. The molecular weight excluding hydrogens is 449 g/mol. The lowest BCUT2D eigenvalue weighted by molar-refractivity contribution is 0.278. The highest BCUT2D eigenvalue weighted by Crippen LogP contribution is 2.37. The molecule has 0 atom stereocenters. The summed E-state index contributed by atoms with van der Waals surface area (Å²) >= 11 is 15.8. The van der Waals surface area contributed by atoms with Gasteiger partial charge in [0.15, 0.2) is 11.5 Å². The third-order valence-electron chi connectivity index (χ3n) is 4.93. The van der Waals surface area contributed by atoms with Crippen LogP contribution in [0.4, 0.5) is 0 Å². The van der Waals surface area contributed by atoms with E-state index in [4.69, 9.17) is 32.7 Å². The normalized spacial score (nSPS) is 15.0. The van der Waals surface area contributed by atoms with Gasteiger partial charge in [0.05, 0.1) is 17.2 Å². The first-order valence-corrected chi connectivity index (χ1v) is 10.8. The molecule has 0 bridgehead atoms. The van der Waals surface area contributed by atoms with Crippen LogP contribution in [0, 0.1) is 0 Å². The van der Waals surface area contributed by atoms with Crippen molar-refractivity contribution in [3.8, 4) is 11.5 Å². The van der Waals surface area contributed by atoms with Crippen LogP contribution in [0.2, 0.25) is 10.0 Å². The van der Waals surface area contributed by atoms with E-state index in [1.807, 2.05) is 24.3 Å². The van der Waals surface area contributed by atoms with Crippen molar-refractivity contribution in [2.75, 3.05) is 7.11 Å². The van der Waals surface area contributed by atoms with Gasteiger partial charge in [-0.2, -0.15) is 0 Å². The maximum Gasteiger partial charge on any atom is 0.167 e. The molecule has 0 spiro atoms. The van der Waals surface area contributed by atoms with Gasteiger partial charge in [-0.1, -0.05) is 64.5 Å².